The molecule has 0 unspecified atom stereocenters. The van der Waals surface area contributed by atoms with Crippen LogP contribution in [0.2, 0.25) is 0 Å². The molecule has 0 fully saturated rings. The molecule has 0 N–H and O–H groups in total. The van der Waals surface area contributed by atoms with E-state index in [0.717, 1.165) is 0 Å². The molecule has 69 valence electrons. The Kier molecular flexibility index (Phi) is 2.90. The van der Waals surface area contributed by atoms with Crippen LogP contribution < -0.4 is 5.69 Å². The van der Waals surface area contributed by atoms with E-state index in [4.69, 9.17) is 0 Å². The largest absolute Gasteiger partial charge is 0.373 e. The first-order chi connectivity index (χ1) is 5.77. The Bertz CT molecular complexity index is 480. The van der Waals surface area contributed by atoms with Crippen LogP contribution in [0.1, 0.15) is 5.82 Å². The van der Waals surface area contributed by atoms with E-state index in [9.17, 15) is 4.79 Å². The van der Waals surface area contributed by atoms with Gasteiger partial charge in [-0.15, -0.1) is 18.2 Å². The standard InChI is InChI=1S/C8H6N3O.Ir/c1-6-9-7-4-2-3-5-11(7)8(12)10-6;/h2-4H,1H3;/q-1;. The van der Waals surface area contributed by atoms with Crippen LogP contribution in [0.5, 0.6) is 0 Å². The quantitative estimate of drug-likeness (QED) is 0.637. The van der Waals surface area contributed by atoms with Gasteiger partial charge in [0.2, 0.25) is 0 Å². The van der Waals surface area contributed by atoms with Crippen molar-refractivity contribution in [2.45, 2.75) is 6.92 Å². The number of fused-ring (bicyclic) bond motifs is 1. The second-order valence-electron chi connectivity index (χ2n) is 2.40. The van der Waals surface area contributed by atoms with Gasteiger partial charge in [0.25, 0.3) is 5.69 Å². The fourth-order valence-corrected chi connectivity index (χ4v) is 1.01. The van der Waals surface area contributed by atoms with Crippen LogP contribution in [0.25, 0.3) is 5.65 Å². The first-order valence-electron chi connectivity index (χ1n) is 3.51. The van der Waals surface area contributed by atoms with Crippen molar-refractivity contribution in [2.24, 2.45) is 0 Å². The van der Waals surface area contributed by atoms with Gasteiger partial charge in [-0.3, -0.25) is 4.98 Å². The minimum atomic E-state index is -0.335. The maximum absolute atomic E-state index is 11.2. The zero-order valence-electron chi connectivity index (χ0n) is 6.82. The second-order valence-corrected chi connectivity index (χ2v) is 2.40. The molecular weight excluding hydrogens is 346 g/mol. The molecule has 0 aromatic carbocycles. The average Bonchev–Trinajstić information content (AvgIpc) is 2.04. The predicted octanol–water partition coefficient (Wildman–Crippen LogP) is 0.196. The summed E-state index contributed by atoms with van der Waals surface area (Å²) in [7, 11) is 0. The molecule has 0 atom stereocenters. The second kappa shape index (κ2) is 3.77. The van der Waals surface area contributed by atoms with Gasteiger partial charge < -0.3 is 9.20 Å². The van der Waals surface area contributed by atoms with Crippen molar-refractivity contribution < 1.29 is 20.1 Å². The third-order valence-corrected chi connectivity index (χ3v) is 1.50. The van der Waals surface area contributed by atoms with Crippen LogP contribution in [0, 0.1) is 13.1 Å². The van der Waals surface area contributed by atoms with E-state index in [0.29, 0.717) is 11.5 Å². The zero-order valence-corrected chi connectivity index (χ0v) is 9.21. The van der Waals surface area contributed by atoms with E-state index in [1.54, 1.807) is 25.1 Å². The van der Waals surface area contributed by atoms with Gasteiger partial charge in [0.1, 0.15) is 5.82 Å². The van der Waals surface area contributed by atoms with Crippen LogP contribution >= 0.6 is 0 Å². The van der Waals surface area contributed by atoms with Crippen molar-refractivity contribution in [2.75, 3.05) is 0 Å². The van der Waals surface area contributed by atoms with Gasteiger partial charge in [-0.05, 0) is 6.92 Å². The summed E-state index contributed by atoms with van der Waals surface area (Å²) in [5.41, 5.74) is 0.244. The van der Waals surface area contributed by atoms with Crippen molar-refractivity contribution in [3.8, 4) is 0 Å². The summed E-state index contributed by atoms with van der Waals surface area (Å²) < 4.78 is 1.28. The fraction of sp³-hybridized carbons (Fsp3) is 0.125. The molecule has 2 rings (SSSR count). The minimum absolute atomic E-state index is 0. The SMILES string of the molecule is Cc1nc(=O)n2[c-]cccc2n1.[Ir]. The molecule has 0 bridgehead atoms. The third-order valence-electron chi connectivity index (χ3n) is 1.50. The summed E-state index contributed by atoms with van der Waals surface area (Å²) in [5, 5.41) is 0. The number of aromatic nitrogens is 3. The monoisotopic (exact) mass is 353 g/mol. The molecule has 0 aliphatic rings. The molecule has 2 aromatic rings. The number of aryl methyl sites for hydroxylation is 1. The maximum atomic E-state index is 11.2. The summed E-state index contributed by atoms with van der Waals surface area (Å²) in [6, 6.07) is 5.17. The van der Waals surface area contributed by atoms with Crippen LogP contribution in [0.15, 0.2) is 23.0 Å². The third kappa shape index (κ3) is 1.82. The smallest absolute Gasteiger partial charge is 0.268 e. The Balaban J connectivity index is 0.000000845. The number of rotatable bonds is 0. The normalized spacial score (nSPS) is 9.62. The van der Waals surface area contributed by atoms with Crippen molar-refractivity contribution in [3.63, 3.8) is 0 Å². The Morgan fingerprint density at radius 2 is 2.23 bits per heavy atom. The topological polar surface area (TPSA) is 47.3 Å². The van der Waals surface area contributed by atoms with Crippen molar-refractivity contribution >= 4 is 5.65 Å². The molecule has 0 saturated carbocycles. The average molecular weight is 352 g/mol. The Morgan fingerprint density at radius 3 is 3.00 bits per heavy atom. The van der Waals surface area contributed by atoms with E-state index >= 15 is 0 Å². The zero-order chi connectivity index (χ0) is 8.55. The van der Waals surface area contributed by atoms with Gasteiger partial charge in [0.05, 0.1) is 5.65 Å². The van der Waals surface area contributed by atoms with Crippen LogP contribution in [0.4, 0.5) is 0 Å². The molecule has 0 saturated heterocycles. The van der Waals surface area contributed by atoms with Crippen molar-refractivity contribution in [1.29, 1.82) is 0 Å². The van der Waals surface area contributed by atoms with Gasteiger partial charge >= 0.3 is 0 Å². The molecule has 13 heavy (non-hydrogen) atoms. The van der Waals surface area contributed by atoms with Crippen molar-refractivity contribution in [1.82, 2.24) is 14.4 Å². The van der Waals surface area contributed by atoms with E-state index in [-0.39, 0.29) is 25.8 Å². The van der Waals surface area contributed by atoms with E-state index in [2.05, 4.69) is 16.2 Å². The molecule has 1 radical (unpaired) electrons. The molecular formula is C8H6IrN3O-. The fourth-order valence-electron chi connectivity index (χ4n) is 1.01. The number of hydrogen-bond acceptors (Lipinski definition) is 3. The molecule has 0 aliphatic heterocycles. The Labute approximate surface area is 88.0 Å². The molecule has 0 aliphatic carbocycles. The van der Waals surface area contributed by atoms with Gasteiger partial charge in [-0.25, -0.2) is 4.98 Å². The minimum Gasteiger partial charge on any atom is -0.373 e. The van der Waals surface area contributed by atoms with Crippen molar-refractivity contribution in [3.05, 3.63) is 40.7 Å². The molecule has 0 amide bonds. The molecule has 2 aromatic heterocycles. The first-order valence-corrected chi connectivity index (χ1v) is 3.51. The summed E-state index contributed by atoms with van der Waals surface area (Å²) in [5.74, 6) is 0.486. The van der Waals surface area contributed by atoms with Crippen LogP contribution in [0.3, 0.4) is 0 Å². The summed E-state index contributed by atoms with van der Waals surface area (Å²) in [6.07, 6.45) is 2.73. The van der Waals surface area contributed by atoms with E-state index in [1.807, 2.05) is 0 Å². The molecule has 2 heterocycles. The number of pyridine rings is 1. The van der Waals surface area contributed by atoms with Crippen LogP contribution in [-0.2, 0) is 20.1 Å². The summed E-state index contributed by atoms with van der Waals surface area (Å²) >= 11 is 0. The van der Waals surface area contributed by atoms with Gasteiger partial charge in [-0.2, -0.15) is 0 Å². The Morgan fingerprint density at radius 1 is 1.46 bits per heavy atom. The Hall–Kier alpha value is -1.06. The van der Waals surface area contributed by atoms with E-state index in [1.165, 1.54) is 4.40 Å². The number of hydrogen-bond donors (Lipinski definition) is 0. The summed E-state index contributed by atoms with van der Waals surface area (Å²) in [4.78, 5) is 18.9. The van der Waals surface area contributed by atoms with E-state index < -0.39 is 0 Å². The van der Waals surface area contributed by atoms with Crippen LogP contribution in [-0.4, -0.2) is 14.4 Å². The van der Waals surface area contributed by atoms with Gasteiger partial charge in [0.15, 0.2) is 0 Å². The predicted molar refractivity (Wildman–Crippen MR) is 42.8 cm³/mol. The number of nitrogens with zero attached hydrogens (tertiary/aromatic N) is 3. The van der Waals surface area contributed by atoms with Gasteiger partial charge in [0, 0.05) is 20.1 Å². The van der Waals surface area contributed by atoms with Gasteiger partial charge in [-0.1, -0.05) is 6.20 Å². The maximum Gasteiger partial charge on any atom is 0.268 e. The molecule has 5 heteroatoms. The first kappa shape index (κ1) is 10.0. The molecule has 4 nitrogen and oxygen atoms in total. The molecule has 0 spiro atoms. The summed E-state index contributed by atoms with van der Waals surface area (Å²) in [6.45, 7) is 1.69.